The molecule has 90 valence electrons. The molecular weight excluding hydrogens is 226 g/mol. The van der Waals surface area contributed by atoms with E-state index in [1.54, 1.807) is 12.1 Å². The third-order valence-electron chi connectivity index (χ3n) is 2.00. The summed E-state index contributed by atoms with van der Waals surface area (Å²) in [5.41, 5.74) is 0. The van der Waals surface area contributed by atoms with Gasteiger partial charge in [-0.1, -0.05) is 31.5 Å². The van der Waals surface area contributed by atoms with Crippen molar-refractivity contribution in [2.45, 2.75) is 26.0 Å². The monoisotopic (exact) mass is 243 g/mol. The van der Waals surface area contributed by atoms with Crippen LogP contribution in [-0.2, 0) is 0 Å². The lowest BCUT2D eigenvalue weighted by Gasteiger charge is -2.15. The van der Waals surface area contributed by atoms with Crippen LogP contribution in [-0.4, -0.2) is 30.4 Å². The number of ether oxygens (including phenoxy) is 1. The molecule has 0 bridgehead atoms. The van der Waals surface area contributed by atoms with Gasteiger partial charge in [0.25, 0.3) is 0 Å². The maximum absolute atomic E-state index is 9.61. The highest BCUT2D eigenvalue weighted by atomic mass is 35.5. The molecule has 1 rings (SSSR count). The second-order valence-corrected chi connectivity index (χ2v) is 4.42. The van der Waals surface area contributed by atoms with Crippen molar-refractivity contribution < 1.29 is 9.84 Å². The second-order valence-electron chi connectivity index (χ2n) is 3.99. The lowest BCUT2D eigenvalue weighted by Crippen LogP contribution is -2.35. The molecule has 1 unspecified atom stereocenters. The molecule has 0 radical (unpaired) electrons. The van der Waals surface area contributed by atoms with Gasteiger partial charge < -0.3 is 15.2 Å². The summed E-state index contributed by atoms with van der Waals surface area (Å²) < 4.78 is 5.41. The third kappa shape index (κ3) is 5.35. The first-order valence-electron chi connectivity index (χ1n) is 5.37. The molecule has 0 aliphatic heterocycles. The van der Waals surface area contributed by atoms with E-state index in [1.165, 1.54) is 0 Å². The highest BCUT2D eigenvalue weighted by Crippen LogP contribution is 2.17. The van der Waals surface area contributed by atoms with Gasteiger partial charge in [-0.2, -0.15) is 0 Å². The zero-order valence-corrected chi connectivity index (χ0v) is 10.4. The van der Waals surface area contributed by atoms with Crippen molar-refractivity contribution in [3.05, 3.63) is 29.3 Å². The van der Waals surface area contributed by atoms with E-state index < -0.39 is 6.10 Å². The molecule has 0 fully saturated rings. The molecule has 0 aliphatic rings. The fourth-order valence-corrected chi connectivity index (χ4v) is 1.36. The minimum atomic E-state index is -0.513. The molecule has 0 saturated carbocycles. The van der Waals surface area contributed by atoms with E-state index >= 15 is 0 Å². The van der Waals surface area contributed by atoms with Gasteiger partial charge in [0.05, 0.1) is 0 Å². The largest absolute Gasteiger partial charge is 0.491 e. The number of halogens is 1. The average Bonchev–Trinajstić information content (AvgIpc) is 2.23. The van der Waals surface area contributed by atoms with Crippen LogP contribution in [0.5, 0.6) is 5.75 Å². The molecule has 0 spiro atoms. The molecule has 4 heteroatoms. The third-order valence-corrected chi connectivity index (χ3v) is 2.24. The van der Waals surface area contributed by atoms with Gasteiger partial charge >= 0.3 is 0 Å². The molecule has 16 heavy (non-hydrogen) atoms. The standard InChI is InChI=1S/C12H18ClNO2/c1-9(2)14-7-11(15)8-16-12-5-3-4-10(13)6-12/h3-6,9,11,14-15H,7-8H2,1-2H3. The summed E-state index contributed by atoms with van der Waals surface area (Å²) in [4.78, 5) is 0. The van der Waals surface area contributed by atoms with E-state index in [0.29, 0.717) is 23.4 Å². The summed E-state index contributed by atoms with van der Waals surface area (Å²) in [6.07, 6.45) is -0.513. The minimum Gasteiger partial charge on any atom is -0.491 e. The molecule has 0 aliphatic carbocycles. The average molecular weight is 244 g/mol. The predicted molar refractivity (Wildman–Crippen MR) is 66.1 cm³/mol. The maximum Gasteiger partial charge on any atom is 0.120 e. The van der Waals surface area contributed by atoms with Crippen molar-refractivity contribution in [1.82, 2.24) is 5.32 Å². The van der Waals surface area contributed by atoms with Crippen LogP contribution in [0.1, 0.15) is 13.8 Å². The summed E-state index contributed by atoms with van der Waals surface area (Å²) in [7, 11) is 0. The SMILES string of the molecule is CC(C)NCC(O)COc1cccc(Cl)c1. The van der Waals surface area contributed by atoms with Crippen LogP contribution in [0.2, 0.25) is 5.02 Å². The van der Waals surface area contributed by atoms with Gasteiger partial charge in [0.15, 0.2) is 0 Å². The summed E-state index contributed by atoms with van der Waals surface area (Å²) in [6.45, 7) is 4.85. The summed E-state index contributed by atoms with van der Waals surface area (Å²) in [5, 5.41) is 13.4. The van der Waals surface area contributed by atoms with Gasteiger partial charge in [-0.15, -0.1) is 0 Å². The molecule has 2 N–H and O–H groups in total. The fourth-order valence-electron chi connectivity index (χ4n) is 1.18. The van der Waals surface area contributed by atoms with Gasteiger partial charge in [-0.25, -0.2) is 0 Å². The van der Waals surface area contributed by atoms with E-state index in [0.717, 1.165) is 0 Å². The van der Waals surface area contributed by atoms with Crippen LogP contribution in [0.15, 0.2) is 24.3 Å². The Morgan fingerprint density at radius 2 is 2.19 bits per heavy atom. The van der Waals surface area contributed by atoms with Gasteiger partial charge in [-0.05, 0) is 18.2 Å². The fraction of sp³-hybridized carbons (Fsp3) is 0.500. The predicted octanol–water partition coefficient (Wildman–Crippen LogP) is 2.08. The molecule has 0 saturated heterocycles. The van der Waals surface area contributed by atoms with Crippen molar-refractivity contribution in [3.63, 3.8) is 0 Å². The second kappa shape index (κ2) is 6.74. The van der Waals surface area contributed by atoms with E-state index in [9.17, 15) is 5.11 Å². The number of benzene rings is 1. The van der Waals surface area contributed by atoms with Crippen LogP contribution in [0, 0.1) is 0 Å². The molecule has 1 aromatic carbocycles. The highest BCUT2D eigenvalue weighted by Gasteiger charge is 2.05. The number of rotatable bonds is 6. The van der Waals surface area contributed by atoms with Crippen LogP contribution in [0.4, 0.5) is 0 Å². The molecule has 0 aromatic heterocycles. The highest BCUT2D eigenvalue weighted by molar-refractivity contribution is 6.30. The first-order chi connectivity index (χ1) is 7.58. The van der Waals surface area contributed by atoms with Gasteiger partial charge in [0, 0.05) is 17.6 Å². The molecule has 0 amide bonds. The zero-order chi connectivity index (χ0) is 12.0. The first kappa shape index (κ1) is 13.3. The lowest BCUT2D eigenvalue weighted by molar-refractivity contribution is 0.104. The van der Waals surface area contributed by atoms with Gasteiger partial charge in [0.1, 0.15) is 18.5 Å². The Bertz CT molecular complexity index is 318. The number of hydrogen-bond donors (Lipinski definition) is 2. The first-order valence-corrected chi connectivity index (χ1v) is 5.75. The van der Waals surface area contributed by atoms with Crippen molar-refractivity contribution in [3.8, 4) is 5.75 Å². The Morgan fingerprint density at radius 3 is 2.81 bits per heavy atom. The van der Waals surface area contributed by atoms with Crippen molar-refractivity contribution in [1.29, 1.82) is 0 Å². The van der Waals surface area contributed by atoms with E-state index in [-0.39, 0.29) is 6.61 Å². The Morgan fingerprint density at radius 1 is 1.44 bits per heavy atom. The Labute approximate surface area is 101 Å². The quantitative estimate of drug-likeness (QED) is 0.804. The molecule has 0 heterocycles. The Balaban J connectivity index is 2.28. The van der Waals surface area contributed by atoms with E-state index in [1.807, 2.05) is 26.0 Å². The summed E-state index contributed by atoms with van der Waals surface area (Å²) in [6, 6.07) is 7.50. The minimum absolute atomic E-state index is 0.264. The number of aliphatic hydroxyl groups excluding tert-OH is 1. The van der Waals surface area contributed by atoms with Crippen LogP contribution >= 0.6 is 11.6 Å². The van der Waals surface area contributed by atoms with Crippen molar-refractivity contribution in [2.24, 2.45) is 0 Å². The van der Waals surface area contributed by atoms with Crippen molar-refractivity contribution >= 4 is 11.6 Å². The molecule has 1 aromatic rings. The van der Waals surface area contributed by atoms with Crippen LogP contribution < -0.4 is 10.1 Å². The van der Waals surface area contributed by atoms with Crippen LogP contribution in [0.3, 0.4) is 0 Å². The van der Waals surface area contributed by atoms with Crippen LogP contribution in [0.25, 0.3) is 0 Å². The van der Waals surface area contributed by atoms with E-state index in [2.05, 4.69) is 5.32 Å². The zero-order valence-electron chi connectivity index (χ0n) is 9.61. The Kier molecular flexibility index (Phi) is 5.60. The van der Waals surface area contributed by atoms with Gasteiger partial charge in [0.2, 0.25) is 0 Å². The maximum atomic E-state index is 9.61. The molecular formula is C12H18ClNO2. The lowest BCUT2D eigenvalue weighted by atomic mass is 10.3. The number of aliphatic hydroxyl groups is 1. The summed E-state index contributed by atoms with van der Waals surface area (Å²) >= 11 is 5.81. The van der Waals surface area contributed by atoms with E-state index in [4.69, 9.17) is 16.3 Å². The number of nitrogens with one attached hydrogen (secondary N) is 1. The topological polar surface area (TPSA) is 41.5 Å². The van der Waals surface area contributed by atoms with Crippen molar-refractivity contribution in [2.75, 3.05) is 13.2 Å². The molecule has 1 atom stereocenters. The Hall–Kier alpha value is -0.770. The number of hydrogen-bond acceptors (Lipinski definition) is 3. The van der Waals surface area contributed by atoms with Gasteiger partial charge in [-0.3, -0.25) is 0 Å². The smallest absolute Gasteiger partial charge is 0.120 e. The summed E-state index contributed by atoms with van der Waals surface area (Å²) in [5.74, 6) is 0.677. The molecule has 3 nitrogen and oxygen atoms in total. The normalized spacial score (nSPS) is 12.8.